The van der Waals surface area contributed by atoms with E-state index in [0.29, 0.717) is 0 Å². The van der Waals surface area contributed by atoms with E-state index in [4.69, 9.17) is 29.4 Å². The summed E-state index contributed by atoms with van der Waals surface area (Å²) in [6, 6.07) is 0. The van der Waals surface area contributed by atoms with Gasteiger partial charge < -0.3 is 29.4 Å². The number of hydrogen-bond acceptors (Lipinski definition) is 2. The van der Waals surface area contributed by atoms with E-state index in [0.717, 1.165) is 0 Å². The lowest BCUT2D eigenvalue weighted by Crippen LogP contribution is -1.65. The Hall–Kier alpha value is 1.06. The maximum Gasteiger partial charge on any atom is 0.319 e. The molecule has 0 radical (unpaired) electrons. The van der Waals surface area contributed by atoms with E-state index in [1.165, 1.54) is 19.3 Å². The first-order valence-electron chi connectivity index (χ1n) is 3.98. The van der Waals surface area contributed by atoms with Crippen LogP contribution in [0.2, 0.25) is 0 Å². The Balaban J connectivity index is -0.0000000400. The Labute approximate surface area is 114 Å². The van der Waals surface area contributed by atoms with E-state index in [9.17, 15) is 0 Å². The zero-order valence-electron chi connectivity index (χ0n) is 8.52. The molecular weight excluding hydrogens is 306 g/mol. The highest BCUT2D eigenvalue weighted by molar-refractivity contribution is 8.06. The van der Waals surface area contributed by atoms with Crippen molar-refractivity contribution in [1.29, 1.82) is 0 Å². The third-order valence-electron chi connectivity index (χ3n) is 0.707. The molecule has 112 valence electrons. The lowest BCUT2D eigenvalue weighted by molar-refractivity contribution is 0.361. The Bertz CT molecular complexity index is 176. The summed E-state index contributed by atoms with van der Waals surface area (Å²) in [6.45, 7) is -3.19. The molecule has 0 atom stereocenters. The number of unbranched alkanes of at least 4 members (excludes halogenated alkanes) is 2. The lowest BCUT2D eigenvalue weighted by Gasteiger charge is -1.88. The summed E-state index contributed by atoms with van der Waals surface area (Å²) in [5.74, 6) is 0. The summed E-state index contributed by atoms with van der Waals surface area (Å²) in [6.07, 6.45) is 4.08. The van der Waals surface area contributed by atoms with Gasteiger partial charge in [0.25, 0.3) is 0 Å². The smallest absolute Gasteiger partial charge is 0.319 e. The van der Waals surface area contributed by atoms with Crippen LogP contribution in [0.25, 0.3) is 0 Å². The molecule has 17 heavy (non-hydrogen) atoms. The highest BCUT2D eigenvalue weighted by Gasteiger charge is 1.92. The van der Waals surface area contributed by atoms with Gasteiger partial charge in [0.05, 0.1) is 0 Å². The summed E-state index contributed by atoms with van der Waals surface area (Å²) >= 11 is 7.21. The third kappa shape index (κ3) is 413. The van der Waals surface area contributed by atoms with E-state index in [1.807, 2.05) is 0 Å². The number of hydrogen-bond donors (Lipinski definition) is 6. The van der Waals surface area contributed by atoms with Crippen LogP contribution in [0.5, 0.6) is 0 Å². The molecule has 0 aromatic heterocycles. The van der Waals surface area contributed by atoms with Crippen LogP contribution >= 0.6 is 13.4 Å². The Morgan fingerprint density at radius 2 is 0.824 bits per heavy atom. The average Bonchev–Trinajstić information content (AvgIpc) is 1.80. The van der Waals surface area contributed by atoms with Crippen LogP contribution in [-0.4, -0.2) is 29.4 Å². The van der Waals surface area contributed by atoms with Crippen molar-refractivity contribution in [2.75, 3.05) is 0 Å². The molecule has 6 N–H and O–H groups in total. The van der Waals surface area contributed by atoms with E-state index < -0.39 is 13.4 Å². The van der Waals surface area contributed by atoms with Crippen LogP contribution in [0, 0.1) is 0 Å². The fourth-order valence-corrected chi connectivity index (χ4v) is 0.354. The minimum atomic E-state index is -3.81. The molecule has 0 aliphatic rings. The zero-order chi connectivity index (χ0) is 13.1. The Morgan fingerprint density at radius 1 is 0.706 bits per heavy atom. The molecule has 0 rings (SSSR count). The molecule has 0 saturated heterocycles. The SMILES string of the molecule is C.C.CCCCC.OP(O)(O)=S.OP(O)(O)=S. The van der Waals surface area contributed by atoms with Gasteiger partial charge in [-0.1, -0.05) is 48.0 Å². The van der Waals surface area contributed by atoms with Gasteiger partial charge in [0.2, 0.25) is 0 Å². The van der Waals surface area contributed by atoms with E-state index >= 15 is 0 Å². The first-order valence-corrected chi connectivity index (χ1v) is 9.30. The Morgan fingerprint density at radius 3 is 0.824 bits per heavy atom. The second-order valence-electron chi connectivity index (χ2n) is 2.38. The quantitative estimate of drug-likeness (QED) is 0.424. The van der Waals surface area contributed by atoms with Gasteiger partial charge in [-0.15, -0.1) is 0 Å². The van der Waals surface area contributed by atoms with Crippen molar-refractivity contribution in [1.82, 2.24) is 0 Å². The van der Waals surface area contributed by atoms with Crippen molar-refractivity contribution in [2.24, 2.45) is 0 Å². The normalized spacial score (nSPS) is 9.41. The molecule has 0 heterocycles. The van der Waals surface area contributed by atoms with Gasteiger partial charge in [0.1, 0.15) is 0 Å². The predicted molar refractivity (Wildman–Crippen MR) is 80.5 cm³/mol. The lowest BCUT2D eigenvalue weighted by atomic mass is 10.3. The van der Waals surface area contributed by atoms with Gasteiger partial charge in [0, 0.05) is 0 Å². The fourth-order valence-electron chi connectivity index (χ4n) is 0.354. The molecule has 0 amide bonds. The van der Waals surface area contributed by atoms with Crippen molar-refractivity contribution < 1.29 is 29.4 Å². The highest BCUT2D eigenvalue weighted by Crippen LogP contribution is 2.26. The zero-order valence-corrected chi connectivity index (χ0v) is 11.9. The second-order valence-corrected chi connectivity index (χ2v) is 7.37. The van der Waals surface area contributed by atoms with Crippen LogP contribution in [0.1, 0.15) is 48.0 Å². The first kappa shape index (κ1) is 30.8. The van der Waals surface area contributed by atoms with Gasteiger partial charge >= 0.3 is 13.4 Å². The molecule has 6 nitrogen and oxygen atoms in total. The van der Waals surface area contributed by atoms with Crippen LogP contribution in [0.3, 0.4) is 0 Å². The van der Waals surface area contributed by atoms with Crippen molar-refractivity contribution in [3.63, 3.8) is 0 Å². The third-order valence-corrected chi connectivity index (χ3v) is 0.707. The number of rotatable bonds is 2. The van der Waals surface area contributed by atoms with Gasteiger partial charge in [-0.2, -0.15) is 0 Å². The molecule has 0 bridgehead atoms. The molecule has 10 heteroatoms. The summed E-state index contributed by atoms with van der Waals surface area (Å²) in [5, 5.41) is 0. The topological polar surface area (TPSA) is 121 Å². The fraction of sp³-hybridized carbons (Fsp3) is 1.00. The molecular formula is C7H26O6P2S2. The van der Waals surface area contributed by atoms with Crippen molar-refractivity contribution in [2.45, 2.75) is 48.0 Å². The first-order chi connectivity index (χ1) is 6.41. The van der Waals surface area contributed by atoms with Crippen LogP contribution in [-0.2, 0) is 23.6 Å². The van der Waals surface area contributed by atoms with Crippen molar-refractivity contribution >= 4 is 37.1 Å². The molecule has 0 aliphatic heterocycles. The van der Waals surface area contributed by atoms with E-state index in [2.05, 4.69) is 37.5 Å². The molecule has 0 aliphatic carbocycles. The van der Waals surface area contributed by atoms with Gasteiger partial charge in [-0.05, 0) is 23.6 Å². The minimum absolute atomic E-state index is 0. The standard InChI is InChI=1S/C5H12.2CH4.2H3O3PS/c1-3-5-4-2;;;2*1-4(2,3)5/h3-5H2,1-2H3;2*1H4;2*(H3,1,2,3,5). The molecule has 0 fully saturated rings. The summed E-state index contributed by atoms with van der Waals surface area (Å²) in [5.41, 5.74) is 0. The van der Waals surface area contributed by atoms with Crippen LogP contribution in [0.4, 0.5) is 0 Å². The monoisotopic (exact) mass is 332 g/mol. The predicted octanol–water partition coefficient (Wildman–Crippen LogP) is 1.84. The average molecular weight is 332 g/mol. The Kier molecular flexibility index (Phi) is 30.9. The summed E-state index contributed by atoms with van der Waals surface area (Å²) in [4.78, 5) is 45.3. The van der Waals surface area contributed by atoms with Gasteiger partial charge in [-0.25, -0.2) is 0 Å². The molecule has 0 spiro atoms. The van der Waals surface area contributed by atoms with E-state index in [-0.39, 0.29) is 14.9 Å². The second kappa shape index (κ2) is 17.1. The van der Waals surface area contributed by atoms with Gasteiger partial charge in [0.15, 0.2) is 0 Å². The van der Waals surface area contributed by atoms with E-state index in [1.54, 1.807) is 0 Å². The van der Waals surface area contributed by atoms with Gasteiger partial charge in [-0.3, -0.25) is 0 Å². The van der Waals surface area contributed by atoms with Crippen molar-refractivity contribution in [3.8, 4) is 0 Å². The summed E-state index contributed by atoms with van der Waals surface area (Å²) in [7, 11) is 0. The highest BCUT2D eigenvalue weighted by atomic mass is 32.5. The van der Waals surface area contributed by atoms with Crippen LogP contribution in [0.15, 0.2) is 0 Å². The largest absolute Gasteiger partial charge is 0.325 e. The minimum Gasteiger partial charge on any atom is -0.325 e. The van der Waals surface area contributed by atoms with Crippen molar-refractivity contribution in [3.05, 3.63) is 0 Å². The maximum atomic E-state index is 7.56. The molecule has 0 saturated carbocycles. The maximum absolute atomic E-state index is 7.56. The summed E-state index contributed by atoms with van der Waals surface area (Å²) < 4.78 is 0. The van der Waals surface area contributed by atoms with Crippen LogP contribution < -0.4 is 0 Å². The molecule has 0 aromatic rings. The molecule has 0 unspecified atom stereocenters. The molecule has 0 aromatic carbocycles.